The highest BCUT2D eigenvalue weighted by Crippen LogP contribution is 2.59. The van der Waals surface area contributed by atoms with Gasteiger partial charge in [-0.15, -0.1) is 0 Å². The molecule has 3 aliphatic carbocycles. The van der Waals surface area contributed by atoms with Gasteiger partial charge in [-0.25, -0.2) is 0 Å². The minimum Gasteiger partial charge on any atom is -0.334 e. The molecule has 1 nitrogen and oxygen atoms in total. The maximum absolute atomic E-state index is 2.59. The van der Waals surface area contributed by atoms with E-state index in [0.29, 0.717) is 0 Å². The van der Waals surface area contributed by atoms with Crippen molar-refractivity contribution in [2.45, 2.75) is 64.8 Å². The molecule has 1 heteroatoms. The van der Waals surface area contributed by atoms with Crippen LogP contribution in [-0.2, 0) is 10.8 Å². The molecule has 55 heavy (non-hydrogen) atoms. The standard InChI is InChI=1S/C54H47N/c1-34-16-24-39(25-17-34)55(40-26-18-35(2)19-27-40)41-28-29-43-46-32-50-47(33-49(46)53(3,4)48(43)30-41)52-44-15-11-10-14-42(44)45(31-51(52)54(50,5)6)38-22-20-37(21-23-38)36-12-8-7-9-13-36/h7-27,29-33,41H,28H2,1-6H3. The second-order valence-electron chi connectivity index (χ2n) is 17.1. The van der Waals surface area contributed by atoms with Crippen molar-refractivity contribution in [1.29, 1.82) is 0 Å². The van der Waals surface area contributed by atoms with Crippen LogP contribution in [0.1, 0.15) is 67.5 Å². The Bertz CT molecular complexity index is 2660. The first-order chi connectivity index (χ1) is 26.6. The highest BCUT2D eigenvalue weighted by atomic mass is 15.2. The molecule has 0 spiro atoms. The first kappa shape index (κ1) is 33.6. The Balaban J connectivity index is 1.08. The van der Waals surface area contributed by atoms with Crippen LogP contribution in [0, 0.1) is 13.8 Å². The number of aryl methyl sites for hydroxylation is 2. The van der Waals surface area contributed by atoms with Gasteiger partial charge in [0.15, 0.2) is 0 Å². The van der Waals surface area contributed by atoms with Crippen molar-refractivity contribution >= 4 is 27.7 Å². The minimum atomic E-state index is -0.148. The third-order valence-corrected chi connectivity index (χ3v) is 12.9. The first-order valence-corrected chi connectivity index (χ1v) is 19.9. The number of allylic oxidation sites excluding steroid dienone is 2. The molecule has 0 amide bonds. The van der Waals surface area contributed by atoms with Crippen molar-refractivity contribution in [3.05, 3.63) is 197 Å². The Morgan fingerprint density at radius 2 is 1.02 bits per heavy atom. The lowest BCUT2D eigenvalue weighted by atomic mass is 9.78. The number of anilines is 2. The van der Waals surface area contributed by atoms with Gasteiger partial charge in [-0.1, -0.05) is 154 Å². The van der Waals surface area contributed by atoms with Crippen LogP contribution in [0.4, 0.5) is 11.4 Å². The summed E-state index contributed by atoms with van der Waals surface area (Å²) in [7, 11) is 0. The molecule has 7 aromatic rings. The van der Waals surface area contributed by atoms with Gasteiger partial charge in [-0.2, -0.15) is 0 Å². The van der Waals surface area contributed by atoms with Gasteiger partial charge in [-0.3, -0.25) is 0 Å². The molecular weight excluding hydrogens is 663 g/mol. The third-order valence-electron chi connectivity index (χ3n) is 12.9. The van der Waals surface area contributed by atoms with E-state index >= 15 is 0 Å². The molecule has 0 fully saturated rings. The van der Waals surface area contributed by atoms with E-state index in [1.54, 1.807) is 0 Å². The van der Waals surface area contributed by atoms with Gasteiger partial charge in [0.2, 0.25) is 0 Å². The van der Waals surface area contributed by atoms with Gasteiger partial charge >= 0.3 is 0 Å². The van der Waals surface area contributed by atoms with Crippen LogP contribution < -0.4 is 4.90 Å². The molecule has 0 bridgehead atoms. The molecular formula is C54H47N. The molecule has 0 saturated carbocycles. The smallest absolute Gasteiger partial charge is 0.0563 e. The average Bonchev–Trinajstić information content (AvgIpc) is 3.57. The predicted molar refractivity (Wildman–Crippen MR) is 234 cm³/mol. The van der Waals surface area contributed by atoms with Gasteiger partial charge in [0.25, 0.3) is 0 Å². The highest BCUT2D eigenvalue weighted by Gasteiger charge is 2.45. The molecule has 0 saturated heterocycles. The summed E-state index contributed by atoms with van der Waals surface area (Å²) in [6, 6.07) is 54.8. The number of hydrogen-bond acceptors (Lipinski definition) is 1. The Hall–Kier alpha value is -5.92. The van der Waals surface area contributed by atoms with Crippen LogP contribution in [-0.4, -0.2) is 6.04 Å². The predicted octanol–water partition coefficient (Wildman–Crippen LogP) is 14.3. The third kappa shape index (κ3) is 5.20. The van der Waals surface area contributed by atoms with Crippen molar-refractivity contribution < 1.29 is 0 Å². The van der Waals surface area contributed by atoms with Crippen LogP contribution in [0.2, 0.25) is 0 Å². The summed E-state index contributed by atoms with van der Waals surface area (Å²) in [5, 5.41) is 2.65. The molecule has 0 heterocycles. The van der Waals surface area contributed by atoms with Crippen molar-refractivity contribution in [3.63, 3.8) is 0 Å². The van der Waals surface area contributed by atoms with Gasteiger partial charge < -0.3 is 4.90 Å². The van der Waals surface area contributed by atoms with Gasteiger partial charge in [0.1, 0.15) is 0 Å². The maximum atomic E-state index is 2.59. The minimum absolute atomic E-state index is 0.135. The van der Waals surface area contributed by atoms with E-state index < -0.39 is 0 Å². The molecule has 0 aromatic heterocycles. The van der Waals surface area contributed by atoms with E-state index in [2.05, 4.69) is 204 Å². The van der Waals surface area contributed by atoms with E-state index in [1.165, 1.54) is 100 Å². The maximum Gasteiger partial charge on any atom is 0.0563 e. The quantitative estimate of drug-likeness (QED) is 0.172. The molecule has 7 aromatic carbocycles. The van der Waals surface area contributed by atoms with E-state index in [9.17, 15) is 0 Å². The van der Waals surface area contributed by atoms with E-state index in [4.69, 9.17) is 0 Å². The first-order valence-electron chi connectivity index (χ1n) is 19.9. The Kier molecular flexibility index (Phi) is 7.52. The van der Waals surface area contributed by atoms with Crippen LogP contribution in [0.25, 0.3) is 49.7 Å². The summed E-state index contributed by atoms with van der Waals surface area (Å²) in [6.07, 6.45) is 6.08. The number of fused-ring (bicyclic) bond motifs is 8. The van der Waals surface area contributed by atoms with Gasteiger partial charge in [-0.05, 0) is 140 Å². The second kappa shape index (κ2) is 12.3. The van der Waals surface area contributed by atoms with Crippen molar-refractivity contribution in [2.24, 2.45) is 0 Å². The number of benzene rings is 7. The molecule has 0 radical (unpaired) electrons. The molecule has 1 atom stereocenters. The fourth-order valence-corrected chi connectivity index (χ4v) is 9.85. The molecule has 10 rings (SSSR count). The summed E-state index contributed by atoms with van der Waals surface area (Å²) in [6.45, 7) is 14.1. The Morgan fingerprint density at radius 3 is 1.67 bits per heavy atom. The summed E-state index contributed by atoms with van der Waals surface area (Å²) in [5.41, 5.74) is 21.2. The monoisotopic (exact) mass is 709 g/mol. The fraction of sp³-hybridized carbons (Fsp3) is 0.185. The van der Waals surface area contributed by atoms with E-state index in [0.717, 1.165) is 6.42 Å². The molecule has 268 valence electrons. The zero-order valence-electron chi connectivity index (χ0n) is 32.7. The lowest BCUT2D eigenvalue weighted by Crippen LogP contribution is -2.32. The fourth-order valence-electron chi connectivity index (χ4n) is 9.85. The zero-order chi connectivity index (χ0) is 37.6. The molecule has 0 aliphatic heterocycles. The van der Waals surface area contributed by atoms with Crippen LogP contribution in [0.5, 0.6) is 0 Å². The van der Waals surface area contributed by atoms with Gasteiger partial charge in [0, 0.05) is 22.2 Å². The summed E-state index contributed by atoms with van der Waals surface area (Å²) >= 11 is 0. The lowest BCUT2D eigenvalue weighted by molar-refractivity contribution is 0.641. The molecule has 0 N–H and O–H groups in total. The summed E-state index contributed by atoms with van der Waals surface area (Å²) < 4.78 is 0. The zero-order valence-corrected chi connectivity index (χ0v) is 32.7. The number of hydrogen-bond donors (Lipinski definition) is 0. The second-order valence-corrected chi connectivity index (χ2v) is 17.1. The van der Waals surface area contributed by atoms with Crippen LogP contribution in [0.3, 0.4) is 0 Å². The van der Waals surface area contributed by atoms with E-state index in [-0.39, 0.29) is 16.9 Å². The highest BCUT2D eigenvalue weighted by molar-refractivity contribution is 6.10. The normalized spacial score (nSPS) is 17.2. The Labute approximate surface area is 326 Å². The van der Waals surface area contributed by atoms with Crippen molar-refractivity contribution in [3.8, 4) is 33.4 Å². The summed E-state index contributed by atoms with van der Waals surface area (Å²) in [4.78, 5) is 2.54. The topological polar surface area (TPSA) is 3.24 Å². The number of rotatable bonds is 5. The summed E-state index contributed by atoms with van der Waals surface area (Å²) in [5.74, 6) is 0. The lowest BCUT2D eigenvalue weighted by Gasteiger charge is -2.35. The largest absolute Gasteiger partial charge is 0.334 e. The van der Waals surface area contributed by atoms with E-state index in [1.807, 2.05) is 0 Å². The Morgan fingerprint density at radius 1 is 0.491 bits per heavy atom. The number of nitrogens with zero attached hydrogens (tertiary/aromatic N) is 1. The van der Waals surface area contributed by atoms with Crippen LogP contribution >= 0.6 is 0 Å². The SMILES string of the molecule is Cc1ccc(N(c2ccc(C)cc2)C2C=C3C(=CC2)c2cc4c(cc2C3(C)C)-c2c(cc(-c3ccc(-c5ccccc5)cc3)c3ccccc23)C4(C)C)cc1. The molecule has 1 unspecified atom stereocenters. The molecule has 3 aliphatic rings. The van der Waals surface area contributed by atoms with Crippen LogP contribution in [0.15, 0.2) is 163 Å². The van der Waals surface area contributed by atoms with Crippen molar-refractivity contribution in [2.75, 3.05) is 4.90 Å². The van der Waals surface area contributed by atoms with Gasteiger partial charge in [0.05, 0.1) is 6.04 Å². The van der Waals surface area contributed by atoms with Crippen molar-refractivity contribution in [1.82, 2.24) is 0 Å². The average molecular weight is 710 g/mol.